The van der Waals surface area contributed by atoms with Crippen LogP contribution >= 0.6 is 0 Å². The van der Waals surface area contributed by atoms with Crippen molar-refractivity contribution < 1.29 is 24.1 Å². The summed E-state index contributed by atoms with van der Waals surface area (Å²) in [6, 6.07) is 0. The van der Waals surface area contributed by atoms with E-state index >= 15 is 0 Å². The lowest BCUT2D eigenvalue weighted by atomic mass is 9.70. The molecule has 0 aromatic heterocycles. The molecule has 0 saturated carbocycles. The van der Waals surface area contributed by atoms with Crippen LogP contribution in [0.25, 0.3) is 0 Å². The number of esters is 1. The number of hydrogen-bond donors (Lipinski definition) is 0. The van der Waals surface area contributed by atoms with E-state index in [1.54, 1.807) is 0 Å². The van der Waals surface area contributed by atoms with Gasteiger partial charge in [-0.25, -0.2) is 9.78 Å². The van der Waals surface area contributed by atoms with Gasteiger partial charge in [0.2, 0.25) is 0 Å². The van der Waals surface area contributed by atoms with E-state index in [1.807, 2.05) is 13.8 Å². The quantitative estimate of drug-likeness (QED) is 0.279. The van der Waals surface area contributed by atoms with Crippen LogP contribution in [0.3, 0.4) is 0 Å². The van der Waals surface area contributed by atoms with Gasteiger partial charge in [-0.05, 0) is 83.6 Å². The van der Waals surface area contributed by atoms with Crippen molar-refractivity contribution in [3.63, 3.8) is 0 Å². The number of Topliss-reactive ketones (excluding diaryl/α,β-unsaturated/α-hetero) is 1. The van der Waals surface area contributed by atoms with E-state index in [2.05, 4.69) is 33.8 Å². The van der Waals surface area contributed by atoms with Gasteiger partial charge < -0.3 is 4.74 Å². The van der Waals surface area contributed by atoms with E-state index in [-0.39, 0.29) is 29.0 Å². The molecule has 1 heterocycles. The fourth-order valence-corrected chi connectivity index (χ4v) is 4.57. The van der Waals surface area contributed by atoms with E-state index in [4.69, 9.17) is 14.5 Å². The third-order valence-electron chi connectivity index (χ3n) is 7.06. The Morgan fingerprint density at radius 3 is 2.60 bits per heavy atom. The Morgan fingerprint density at radius 1 is 1.30 bits per heavy atom. The van der Waals surface area contributed by atoms with E-state index in [0.717, 1.165) is 50.5 Å². The minimum atomic E-state index is -0.333. The molecule has 0 amide bonds. The average Bonchev–Trinajstić information content (AvgIpc) is 2.70. The molecular formula is C25H40O5. The second-order valence-corrected chi connectivity index (χ2v) is 10.0. The summed E-state index contributed by atoms with van der Waals surface area (Å²) in [4.78, 5) is 35.1. The van der Waals surface area contributed by atoms with E-state index < -0.39 is 0 Å². The highest BCUT2D eigenvalue weighted by molar-refractivity contribution is 5.96. The third-order valence-corrected chi connectivity index (χ3v) is 7.06. The van der Waals surface area contributed by atoms with E-state index in [9.17, 15) is 9.59 Å². The van der Waals surface area contributed by atoms with Gasteiger partial charge in [0.05, 0.1) is 13.0 Å². The van der Waals surface area contributed by atoms with Gasteiger partial charge >= 0.3 is 5.97 Å². The van der Waals surface area contributed by atoms with Gasteiger partial charge in [-0.3, -0.25) is 9.59 Å². The molecule has 3 atom stereocenters. The van der Waals surface area contributed by atoms with Gasteiger partial charge in [-0.2, -0.15) is 0 Å². The maximum atomic E-state index is 12.1. The number of carbonyl (C=O) groups is 2. The van der Waals surface area contributed by atoms with E-state index in [0.29, 0.717) is 12.2 Å². The zero-order chi connectivity index (χ0) is 22.5. The lowest BCUT2D eigenvalue weighted by Crippen LogP contribution is -2.41. The zero-order valence-corrected chi connectivity index (χ0v) is 19.9. The maximum absolute atomic E-state index is 12.1. The first kappa shape index (κ1) is 24.8. The summed E-state index contributed by atoms with van der Waals surface area (Å²) in [5, 5.41) is 0. The van der Waals surface area contributed by atoms with Crippen LogP contribution in [0.5, 0.6) is 0 Å². The lowest BCUT2D eigenvalue weighted by Gasteiger charge is -2.37. The first-order chi connectivity index (χ1) is 14.0. The van der Waals surface area contributed by atoms with Crippen LogP contribution in [0, 0.1) is 11.3 Å². The van der Waals surface area contributed by atoms with Crippen LogP contribution in [0.2, 0.25) is 0 Å². The lowest BCUT2D eigenvalue weighted by molar-refractivity contribution is -0.411. The Hall–Kier alpha value is -1.46. The number of carbonyl (C=O) groups excluding carboxylic acids is 2. The van der Waals surface area contributed by atoms with Crippen molar-refractivity contribution in [3.05, 3.63) is 22.8 Å². The molecule has 0 aromatic rings. The van der Waals surface area contributed by atoms with Gasteiger partial charge in [-0.1, -0.05) is 31.1 Å². The molecule has 5 nitrogen and oxygen atoms in total. The van der Waals surface area contributed by atoms with Crippen LogP contribution in [-0.2, 0) is 24.1 Å². The number of methoxy groups -OCH3 is 1. The van der Waals surface area contributed by atoms with Crippen LogP contribution in [0.4, 0.5) is 0 Å². The monoisotopic (exact) mass is 420 g/mol. The highest BCUT2D eigenvalue weighted by Crippen LogP contribution is 2.41. The Balaban J connectivity index is 1.82. The zero-order valence-electron chi connectivity index (χ0n) is 19.9. The van der Waals surface area contributed by atoms with Crippen molar-refractivity contribution in [2.45, 2.75) is 105 Å². The molecule has 5 heteroatoms. The molecule has 1 aliphatic carbocycles. The molecule has 0 aromatic carbocycles. The molecule has 0 unspecified atom stereocenters. The molecule has 1 aliphatic heterocycles. The summed E-state index contributed by atoms with van der Waals surface area (Å²) in [5.41, 5.74) is 3.45. The van der Waals surface area contributed by atoms with Crippen LogP contribution in [0.1, 0.15) is 92.9 Å². The minimum Gasteiger partial charge on any atom is -0.469 e. The molecule has 30 heavy (non-hydrogen) atoms. The molecule has 170 valence electrons. The molecule has 1 saturated heterocycles. The van der Waals surface area contributed by atoms with Crippen molar-refractivity contribution in [1.82, 2.24) is 0 Å². The van der Waals surface area contributed by atoms with Crippen molar-refractivity contribution in [2.24, 2.45) is 11.3 Å². The Kier molecular flexibility index (Phi) is 8.46. The van der Waals surface area contributed by atoms with Gasteiger partial charge in [-0.15, -0.1) is 0 Å². The maximum Gasteiger partial charge on any atom is 0.311 e. The van der Waals surface area contributed by atoms with Crippen molar-refractivity contribution in [3.8, 4) is 0 Å². The van der Waals surface area contributed by atoms with Crippen molar-refractivity contribution >= 4 is 11.8 Å². The molecule has 0 N–H and O–H groups in total. The molecule has 0 spiro atoms. The van der Waals surface area contributed by atoms with Gasteiger partial charge in [0.15, 0.2) is 5.78 Å². The summed E-state index contributed by atoms with van der Waals surface area (Å²) >= 11 is 0. The molecule has 0 radical (unpaired) electrons. The molecule has 1 fully saturated rings. The second-order valence-electron chi connectivity index (χ2n) is 10.0. The highest BCUT2D eigenvalue weighted by atomic mass is 17.2. The molecular weight excluding hydrogens is 380 g/mol. The smallest absolute Gasteiger partial charge is 0.311 e. The van der Waals surface area contributed by atoms with Crippen molar-refractivity contribution in [2.75, 3.05) is 7.11 Å². The normalized spacial score (nSPS) is 28.4. The Bertz CT molecular complexity index is 692. The van der Waals surface area contributed by atoms with E-state index in [1.165, 1.54) is 18.3 Å². The van der Waals surface area contributed by atoms with Gasteiger partial charge in [0, 0.05) is 6.42 Å². The summed E-state index contributed by atoms with van der Waals surface area (Å²) in [6.45, 7) is 12.6. The first-order valence-corrected chi connectivity index (χ1v) is 11.3. The summed E-state index contributed by atoms with van der Waals surface area (Å²) < 4.78 is 4.80. The molecule has 0 bridgehead atoms. The predicted octanol–water partition coefficient (Wildman–Crippen LogP) is 5.88. The predicted molar refractivity (Wildman–Crippen MR) is 118 cm³/mol. The van der Waals surface area contributed by atoms with Crippen LogP contribution in [0.15, 0.2) is 22.8 Å². The third kappa shape index (κ3) is 6.27. The summed E-state index contributed by atoms with van der Waals surface area (Å²) in [7, 11) is 1.40. The Morgan fingerprint density at radius 2 is 2.00 bits per heavy atom. The van der Waals surface area contributed by atoms with Gasteiger partial charge in [0.25, 0.3) is 0 Å². The SMILES string of the molecule is COC(=O)[C@@H](C)[C@@H]1CC[C@@](C)(CC/C=C(\C)CCC2=C(C)C(=O)CCC2(C)C)OO1. The Labute approximate surface area is 182 Å². The van der Waals surface area contributed by atoms with Crippen LogP contribution in [-0.4, -0.2) is 30.6 Å². The highest BCUT2D eigenvalue weighted by Gasteiger charge is 2.38. The largest absolute Gasteiger partial charge is 0.469 e. The summed E-state index contributed by atoms with van der Waals surface area (Å²) in [6.07, 6.45) is 9.03. The number of ketones is 1. The molecule has 2 rings (SSSR count). The number of rotatable bonds is 8. The first-order valence-electron chi connectivity index (χ1n) is 11.3. The minimum absolute atomic E-state index is 0.122. The molecule has 2 aliphatic rings. The van der Waals surface area contributed by atoms with Gasteiger partial charge in [0.1, 0.15) is 11.7 Å². The van der Waals surface area contributed by atoms with Crippen LogP contribution < -0.4 is 0 Å². The fraction of sp³-hybridized carbons (Fsp3) is 0.760. The van der Waals surface area contributed by atoms with Crippen molar-refractivity contribution in [1.29, 1.82) is 0 Å². The number of hydrogen-bond acceptors (Lipinski definition) is 5. The topological polar surface area (TPSA) is 61.8 Å². The number of ether oxygens (including phenoxy) is 1. The average molecular weight is 421 g/mol. The fourth-order valence-electron chi connectivity index (χ4n) is 4.57. The summed E-state index contributed by atoms with van der Waals surface area (Å²) in [5.74, 6) is -0.275. The standard InChI is InChI=1S/C25H40O5/c1-17(10-11-20-18(2)21(26)12-15-24(20,4)5)9-8-14-25(6)16-13-22(29-30-25)19(3)23(27)28-7/h9,19,22H,8,10-16H2,1-7H3/b17-9+/t19-,22-,25+/m0/s1. The second kappa shape index (κ2) is 10.2. The number of allylic oxidation sites excluding steroid dienone is 4.